The van der Waals surface area contributed by atoms with Gasteiger partial charge in [-0.15, -0.1) is 0 Å². The highest BCUT2D eigenvalue weighted by molar-refractivity contribution is 7.85. The predicted octanol–water partition coefficient (Wildman–Crippen LogP) is 3.34. The number of hydrogen-bond donors (Lipinski definition) is 0. The first-order chi connectivity index (χ1) is 7.21. The van der Waals surface area contributed by atoms with Crippen molar-refractivity contribution >= 4 is 17.2 Å². The van der Waals surface area contributed by atoms with Crippen LogP contribution in [-0.4, -0.2) is 21.1 Å². The van der Waals surface area contributed by atoms with E-state index in [1.807, 2.05) is 20.8 Å². The number of hydrogen-bond acceptors (Lipinski definition) is 1. The molecule has 2 nitrogen and oxygen atoms in total. The van der Waals surface area contributed by atoms with Crippen molar-refractivity contribution < 1.29 is 13.0 Å². The van der Waals surface area contributed by atoms with Gasteiger partial charge in [0.05, 0.1) is 4.75 Å². The summed E-state index contributed by atoms with van der Waals surface area (Å²) in [6, 6.07) is 0. The van der Waals surface area contributed by atoms with Gasteiger partial charge in [-0.05, 0) is 39.5 Å². The van der Waals surface area contributed by atoms with E-state index in [-0.39, 0.29) is 23.5 Å². The van der Waals surface area contributed by atoms with Crippen molar-refractivity contribution in [1.82, 2.24) is 0 Å². The third kappa shape index (κ3) is 4.28. The maximum atomic E-state index is 12.9. The van der Waals surface area contributed by atoms with Crippen LogP contribution in [0.5, 0.6) is 0 Å². The Morgan fingerprint density at radius 3 is 2.25 bits per heavy atom. The van der Waals surface area contributed by atoms with Crippen molar-refractivity contribution in [3.05, 3.63) is 0 Å². The van der Waals surface area contributed by atoms with Gasteiger partial charge in [-0.1, -0.05) is 0 Å². The van der Waals surface area contributed by atoms with Gasteiger partial charge in [-0.2, -0.15) is 4.40 Å². The van der Waals surface area contributed by atoms with Gasteiger partial charge in [-0.3, -0.25) is 0 Å². The number of halogens is 2. The van der Waals surface area contributed by atoms with Crippen molar-refractivity contribution in [2.75, 3.05) is 0 Å². The second-order valence-corrected chi connectivity index (χ2v) is 7.24. The molecule has 0 amide bonds. The van der Waals surface area contributed by atoms with Crippen LogP contribution in [0.25, 0.3) is 0 Å². The molecule has 0 aliphatic heterocycles. The molecule has 1 aliphatic carbocycles. The quantitative estimate of drug-likeness (QED) is 0.692. The van der Waals surface area contributed by atoms with Gasteiger partial charge >= 0.3 is 0 Å². The summed E-state index contributed by atoms with van der Waals surface area (Å²) in [4.78, 5) is 0. The van der Waals surface area contributed by atoms with Gasteiger partial charge in [0, 0.05) is 19.1 Å². The lowest BCUT2D eigenvalue weighted by Crippen LogP contribution is -2.26. The summed E-state index contributed by atoms with van der Waals surface area (Å²) >= 11 is 0. The summed E-state index contributed by atoms with van der Waals surface area (Å²) < 4.78 is 40.9. The fourth-order valence-electron chi connectivity index (χ4n) is 1.51. The summed E-state index contributed by atoms with van der Waals surface area (Å²) in [6.45, 7) is 5.53. The second kappa shape index (κ2) is 4.90. The van der Waals surface area contributed by atoms with Crippen LogP contribution >= 0.6 is 0 Å². The topological polar surface area (TPSA) is 29.4 Å². The molecule has 0 aromatic heterocycles. The standard InChI is InChI=1S/C11H19F2NOS/c1-10(2,3)16(15)14-8-9-4-6-11(12,13)7-5-9/h8-9H,4-7H2,1-3H3/t16-/m1/s1. The molecule has 1 saturated carbocycles. The molecular weight excluding hydrogens is 232 g/mol. The smallest absolute Gasteiger partial charge is 0.234 e. The monoisotopic (exact) mass is 251 g/mol. The van der Waals surface area contributed by atoms with Gasteiger partial charge < -0.3 is 0 Å². The molecule has 0 heterocycles. The van der Waals surface area contributed by atoms with E-state index in [1.165, 1.54) is 0 Å². The third-order valence-corrected chi connectivity index (χ3v) is 4.01. The summed E-state index contributed by atoms with van der Waals surface area (Å²) in [7, 11) is -1.28. The first kappa shape index (κ1) is 13.7. The highest BCUT2D eigenvalue weighted by Gasteiger charge is 2.34. The van der Waals surface area contributed by atoms with E-state index in [1.54, 1.807) is 6.21 Å². The zero-order valence-electron chi connectivity index (χ0n) is 10.0. The third-order valence-electron chi connectivity index (χ3n) is 2.65. The summed E-state index contributed by atoms with van der Waals surface area (Å²) in [5.41, 5.74) is 0. The summed E-state index contributed by atoms with van der Waals surface area (Å²) in [6.07, 6.45) is 2.34. The van der Waals surface area contributed by atoms with Gasteiger partial charge in [0.1, 0.15) is 11.0 Å². The van der Waals surface area contributed by atoms with Crippen LogP contribution < -0.4 is 0 Å². The van der Waals surface area contributed by atoms with Gasteiger partial charge in [-0.25, -0.2) is 13.0 Å². The molecule has 5 heteroatoms. The molecule has 1 rings (SSSR count). The normalized spacial score (nSPS) is 24.8. The van der Waals surface area contributed by atoms with Crippen LogP contribution in [0.1, 0.15) is 46.5 Å². The first-order valence-corrected chi connectivity index (χ1v) is 6.65. The summed E-state index contributed by atoms with van der Waals surface area (Å²) in [5, 5.41) is 0. The Morgan fingerprint density at radius 1 is 1.31 bits per heavy atom. The molecule has 0 radical (unpaired) electrons. The van der Waals surface area contributed by atoms with Gasteiger partial charge in [0.15, 0.2) is 0 Å². The second-order valence-electron chi connectivity index (χ2n) is 5.31. The minimum atomic E-state index is -2.51. The number of rotatable bonds is 2. The molecule has 0 unspecified atom stereocenters. The Morgan fingerprint density at radius 2 is 1.81 bits per heavy atom. The molecule has 0 N–H and O–H groups in total. The van der Waals surface area contributed by atoms with Gasteiger partial charge in [0.2, 0.25) is 5.92 Å². The van der Waals surface area contributed by atoms with Crippen LogP contribution in [-0.2, 0) is 11.0 Å². The summed E-state index contributed by atoms with van der Waals surface area (Å²) in [5.74, 6) is -2.45. The van der Waals surface area contributed by atoms with Crippen molar-refractivity contribution in [3.63, 3.8) is 0 Å². The Hall–Kier alpha value is -0.320. The van der Waals surface area contributed by atoms with E-state index in [2.05, 4.69) is 4.40 Å². The lowest BCUT2D eigenvalue weighted by Gasteiger charge is -2.25. The molecular formula is C11H19F2NOS. The van der Waals surface area contributed by atoms with E-state index in [4.69, 9.17) is 0 Å². The van der Waals surface area contributed by atoms with Crippen LogP contribution in [0.4, 0.5) is 8.78 Å². The number of nitrogens with zero attached hydrogens (tertiary/aromatic N) is 1. The fourth-order valence-corrected chi connectivity index (χ4v) is 2.11. The highest BCUT2D eigenvalue weighted by atomic mass is 32.2. The molecule has 0 aromatic rings. The lowest BCUT2D eigenvalue weighted by atomic mass is 9.88. The average molecular weight is 251 g/mol. The molecule has 94 valence electrons. The molecule has 1 fully saturated rings. The minimum absolute atomic E-state index is 0.0610. The van der Waals surface area contributed by atoms with Crippen molar-refractivity contribution in [3.8, 4) is 0 Å². The number of alkyl halides is 2. The Labute approximate surface area is 98.1 Å². The predicted molar refractivity (Wildman–Crippen MR) is 63.3 cm³/mol. The first-order valence-electron chi connectivity index (χ1n) is 5.55. The zero-order valence-corrected chi connectivity index (χ0v) is 10.8. The maximum absolute atomic E-state index is 12.9. The van der Waals surface area contributed by atoms with Gasteiger partial charge in [0.25, 0.3) is 0 Å². The van der Waals surface area contributed by atoms with Crippen LogP contribution in [0, 0.1) is 5.92 Å². The molecule has 1 atom stereocenters. The van der Waals surface area contributed by atoms with Crippen molar-refractivity contribution in [2.24, 2.45) is 10.3 Å². The van der Waals surface area contributed by atoms with E-state index in [0.29, 0.717) is 12.8 Å². The molecule has 0 aromatic carbocycles. The molecule has 1 aliphatic rings. The van der Waals surface area contributed by atoms with E-state index >= 15 is 0 Å². The Kier molecular flexibility index (Phi) is 4.21. The Balaban J connectivity index is 2.45. The van der Waals surface area contributed by atoms with E-state index in [9.17, 15) is 13.0 Å². The Bertz CT molecular complexity index is 287. The van der Waals surface area contributed by atoms with E-state index < -0.39 is 16.9 Å². The molecule has 16 heavy (non-hydrogen) atoms. The largest absolute Gasteiger partial charge is 0.248 e. The molecule has 0 spiro atoms. The maximum Gasteiger partial charge on any atom is 0.248 e. The van der Waals surface area contributed by atoms with Crippen LogP contribution in [0.2, 0.25) is 0 Å². The average Bonchev–Trinajstić information content (AvgIpc) is 2.14. The lowest BCUT2D eigenvalue weighted by molar-refractivity contribution is -0.0390. The van der Waals surface area contributed by atoms with Crippen LogP contribution in [0.15, 0.2) is 4.40 Å². The minimum Gasteiger partial charge on any atom is -0.234 e. The van der Waals surface area contributed by atoms with Crippen molar-refractivity contribution in [1.29, 1.82) is 0 Å². The SMILES string of the molecule is CC(C)(C)[S@@](=O)N=CC1CCC(F)(F)CC1. The van der Waals surface area contributed by atoms with E-state index in [0.717, 1.165) is 0 Å². The molecule has 0 bridgehead atoms. The molecule has 0 saturated heterocycles. The van der Waals surface area contributed by atoms with Crippen LogP contribution in [0.3, 0.4) is 0 Å². The highest BCUT2D eigenvalue weighted by Crippen LogP contribution is 2.35. The zero-order chi connectivity index (χ0) is 12.4. The van der Waals surface area contributed by atoms with Crippen molar-refractivity contribution in [2.45, 2.75) is 57.1 Å². The fraction of sp³-hybridized carbons (Fsp3) is 0.909.